The molecule has 0 amide bonds. The van der Waals surface area contributed by atoms with E-state index in [1.807, 2.05) is 24.3 Å². The smallest absolute Gasteiger partial charge is 0.119 e. The van der Waals surface area contributed by atoms with Crippen molar-refractivity contribution in [1.29, 1.82) is 0 Å². The van der Waals surface area contributed by atoms with Crippen LogP contribution in [0.3, 0.4) is 0 Å². The van der Waals surface area contributed by atoms with Crippen molar-refractivity contribution in [2.45, 2.75) is 26.2 Å². The lowest BCUT2D eigenvalue weighted by molar-refractivity contribution is 0.197. The minimum Gasteiger partial charge on any atom is -0.494 e. The van der Waals surface area contributed by atoms with E-state index in [2.05, 4.69) is 6.92 Å². The van der Waals surface area contributed by atoms with Gasteiger partial charge in [-0.2, -0.15) is 0 Å². The van der Waals surface area contributed by atoms with Crippen molar-refractivity contribution in [2.75, 3.05) is 13.2 Å². The summed E-state index contributed by atoms with van der Waals surface area (Å²) < 4.78 is 5.53. The van der Waals surface area contributed by atoms with E-state index in [0.29, 0.717) is 6.42 Å². The van der Waals surface area contributed by atoms with Crippen LogP contribution in [0.2, 0.25) is 0 Å². The third kappa shape index (κ3) is 3.79. The van der Waals surface area contributed by atoms with Crippen molar-refractivity contribution in [3.05, 3.63) is 29.8 Å². The highest BCUT2D eigenvalue weighted by Crippen LogP contribution is 2.13. The minimum absolute atomic E-state index is 0.0571. The monoisotopic (exact) mass is 193 g/mol. The lowest BCUT2D eigenvalue weighted by atomic mass is 10.1. The Morgan fingerprint density at radius 2 is 2.21 bits per heavy atom. The summed E-state index contributed by atoms with van der Waals surface area (Å²) in [5.74, 6) is 0.879. The van der Waals surface area contributed by atoms with E-state index in [9.17, 15) is 5.11 Å². The zero-order chi connectivity index (χ0) is 10.2. The molecule has 1 radical (unpaired) electrons. The number of hydrogen-bond donors (Lipinski definition) is 0. The second kappa shape index (κ2) is 6.44. The molecule has 0 spiro atoms. The fourth-order valence-corrected chi connectivity index (χ4v) is 1.24. The van der Waals surface area contributed by atoms with Crippen molar-refractivity contribution in [3.63, 3.8) is 0 Å². The van der Waals surface area contributed by atoms with Gasteiger partial charge < -0.3 is 4.74 Å². The summed E-state index contributed by atoms with van der Waals surface area (Å²) in [5, 5.41) is 10.4. The molecule has 2 nitrogen and oxygen atoms in total. The van der Waals surface area contributed by atoms with E-state index in [1.165, 1.54) is 0 Å². The molecule has 0 saturated carbocycles. The molecule has 1 rings (SSSR count). The van der Waals surface area contributed by atoms with Gasteiger partial charge in [-0.3, -0.25) is 0 Å². The second-order valence-electron chi connectivity index (χ2n) is 3.30. The molecule has 0 unspecified atom stereocenters. The Bertz CT molecular complexity index is 258. The molecule has 0 heterocycles. The second-order valence-corrected chi connectivity index (χ2v) is 3.30. The first-order valence-electron chi connectivity index (χ1n) is 5.16. The fraction of sp³-hybridized carbons (Fsp3) is 0.500. The largest absolute Gasteiger partial charge is 0.494 e. The Morgan fingerprint density at radius 1 is 1.36 bits per heavy atom. The maximum Gasteiger partial charge on any atom is 0.119 e. The Labute approximate surface area is 85.5 Å². The highest BCUT2D eigenvalue weighted by Gasteiger charge is 1.96. The van der Waals surface area contributed by atoms with Gasteiger partial charge in [-0.1, -0.05) is 25.5 Å². The quantitative estimate of drug-likeness (QED) is 0.639. The van der Waals surface area contributed by atoms with Crippen molar-refractivity contribution < 1.29 is 9.84 Å². The summed E-state index contributed by atoms with van der Waals surface area (Å²) in [6.07, 6.45) is 2.80. The van der Waals surface area contributed by atoms with Crippen molar-refractivity contribution in [1.82, 2.24) is 0 Å². The maximum absolute atomic E-state index is 10.4. The van der Waals surface area contributed by atoms with Gasteiger partial charge in [-0.05, 0) is 30.5 Å². The summed E-state index contributed by atoms with van der Waals surface area (Å²) in [6, 6.07) is 7.79. The molecule has 0 aliphatic carbocycles. The molecule has 0 fully saturated rings. The number of hydrogen-bond acceptors (Lipinski definition) is 1. The summed E-state index contributed by atoms with van der Waals surface area (Å²) in [5.41, 5.74) is 1.06. The Morgan fingerprint density at radius 3 is 2.93 bits per heavy atom. The number of ether oxygens (including phenoxy) is 1. The van der Waals surface area contributed by atoms with Crippen LogP contribution in [0.5, 0.6) is 5.75 Å². The van der Waals surface area contributed by atoms with Crippen molar-refractivity contribution >= 4 is 0 Å². The third-order valence-electron chi connectivity index (χ3n) is 2.06. The zero-order valence-corrected chi connectivity index (χ0v) is 8.66. The summed E-state index contributed by atoms with van der Waals surface area (Å²) >= 11 is 0. The zero-order valence-electron chi connectivity index (χ0n) is 8.66. The van der Waals surface area contributed by atoms with Gasteiger partial charge in [0, 0.05) is 0 Å². The number of rotatable bonds is 6. The summed E-state index contributed by atoms with van der Waals surface area (Å²) in [4.78, 5) is 0. The molecule has 0 aliphatic heterocycles. The molecular formula is C12H17O2. The Balaban J connectivity index is 2.46. The molecule has 0 aliphatic rings. The van der Waals surface area contributed by atoms with Crippen LogP contribution in [0, 0.1) is 0 Å². The van der Waals surface area contributed by atoms with Crippen molar-refractivity contribution in [2.24, 2.45) is 0 Å². The van der Waals surface area contributed by atoms with Gasteiger partial charge in [0.1, 0.15) is 5.75 Å². The predicted molar refractivity (Wildman–Crippen MR) is 56.1 cm³/mol. The van der Waals surface area contributed by atoms with Crippen LogP contribution < -0.4 is 4.74 Å². The Kier molecular flexibility index (Phi) is 5.08. The molecule has 2 heteroatoms. The lowest BCUT2D eigenvalue weighted by Crippen LogP contribution is -1.97. The standard InChI is InChI=1S/C12H17O2/c1-2-3-9-14-12-6-4-5-11(10-12)7-8-13/h4-6,10H,2-3,7-9H2,1H3. The SMILES string of the molecule is CCCCOc1cccc(CC[O])c1. The van der Waals surface area contributed by atoms with Crippen LogP contribution in [0.4, 0.5) is 0 Å². The van der Waals surface area contributed by atoms with Crippen LogP contribution >= 0.6 is 0 Å². The van der Waals surface area contributed by atoms with E-state index in [4.69, 9.17) is 4.74 Å². The normalized spacial score (nSPS) is 10.1. The Hall–Kier alpha value is -1.02. The minimum atomic E-state index is -0.0571. The topological polar surface area (TPSA) is 29.1 Å². The summed E-state index contributed by atoms with van der Waals surface area (Å²) in [7, 11) is 0. The molecule has 0 bridgehead atoms. The summed E-state index contributed by atoms with van der Waals surface area (Å²) in [6.45, 7) is 2.84. The third-order valence-corrected chi connectivity index (χ3v) is 2.06. The molecule has 0 N–H and O–H groups in total. The van der Waals surface area contributed by atoms with Crippen LogP contribution in [0.15, 0.2) is 24.3 Å². The van der Waals surface area contributed by atoms with E-state index in [0.717, 1.165) is 30.8 Å². The molecule has 14 heavy (non-hydrogen) atoms. The maximum atomic E-state index is 10.4. The van der Waals surface area contributed by atoms with Crippen LogP contribution in [-0.2, 0) is 11.5 Å². The van der Waals surface area contributed by atoms with Crippen LogP contribution in [0.1, 0.15) is 25.3 Å². The van der Waals surface area contributed by atoms with Gasteiger partial charge in [0.25, 0.3) is 0 Å². The first kappa shape index (κ1) is 11.1. The molecular weight excluding hydrogens is 176 g/mol. The molecule has 0 saturated heterocycles. The predicted octanol–water partition coefficient (Wildman–Crippen LogP) is 2.84. The average Bonchev–Trinajstić information content (AvgIpc) is 2.19. The van der Waals surface area contributed by atoms with Gasteiger partial charge >= 0.3 is 0 Å². The molecule has 1 aromatic carbocycles. The van der Waals surface area contributed by atoms with E-state index >= 15 is 0 Å². The van der Waals surface area contributed by atoms with E-state index in [1.54, 1.807) is 0 Å². The van der Waals surface area contributed by atoms with Gasteiger partial charge in [0.05, 0.1) is 13.2 Å². The molecule has 77 valence electrons. The van der Waals surface area contributed by atoms with E-state index < -0.39 is 0 Å². The van der Waals surface area contributed by atoms with Gasteiger partial charge in [-0.15, -0.1) is 0 Å². The molecule has 0 aromatic heterocycles. The molecule has 1 aromatic rings. The van der Waals surface area contributed by atoms with Crippen LogP contribution in [0.25, 0.3) is 0 Å². The number of unbranched alkanes of at least 4 members (excludes halogenated alkanes) is 1. The molecule has 0 atom stereocenters. The fourth-order valence-electron chi connectivity index (χ4n) is 1.24. The number of benzene rings is 1. The van der Waals surface area contributed by atoms with E-state index in [-0.39, 0.29) is 6.61 Å². The van der Waals surface area contributed by atoms with Gasteiger partial charge in [0.2, 0.25) is 0 Å². The first-order chi connectivity index (χ1) is 6.86. The van der Waals surface area contributed by atoms with Crippen molar-refractivity contribution in [3.8, 4) is 5.75 Å². The lowest BCUT2D eigenvalue weighted by Gasteiger charge is -2.06. The first-order valence-corrected chi connectivity index (χ1v) is 5.16. The highest BCUT2D eigenvalue weighted by molar-refractivity contribution is 5.28. The van der Waals surface area contributed by atoms with Gasteiger partial charge in [0.15, 0.2) is 0 Å². The van der Waals surface area contributed by atoms with Gasteiger partial charge in [-0.25, -0.2) is 5.11 Å². The average molecular weight is 193 g/mol. The highest BCUT2D eigenvalue weighted by atomic mass is 16.5. The van der Waals surface area contributed by atoms with Crippen LogP contribution in [-0.4, -0.2) is 13.2 Å².